The van der Waals surface area contributed by atoms with Crippen LogP contribution in [0, 0.1) is 0 Å². The summed E-state index contributed by atoms with van der Waals surface area (Å²) in [6, 6.07) is 17.6. The van der Waals surface area contributed by atoms with E-state index in [2.05, 4.69) is 55.3 Å². The molecule has 0 unspecified atom stereocenters. The molecule has 5 rings (SSSR count). The summed E-state index contributed by atoms with van der Waals surface area (Å²) < 4.78 is 6.13. The Morgan fingerprint density at radius 2 is 1.52 bits per heavy atom. The zero-order valence-electron chi connectivity index (χ0n) is 19.5. The van der Waals surface area contributed by atoms with Crippen LogP contribution in [0.1, 0.15) is 82.7 Å². The number of likely N-dealkylation sites (tertiary alicyclic amines) is 1. The van der Waals surface area contributed by atoms with Crippen LogP contribution in [-0.2, 0) is 6.54 Å². The van der Waals surface area contributed by atoms with Crippen molar-refractivity contribution in [2.75, 3.05) is 18.4 Å². The van der Waals surface area contributed by atoms with E-state index in [1.54, 1.807) is 18.2 Å². The lowest BCUT2D eigenvalue weighted by molar-refractivity contribution is 0.0960. The lowest BCUT2D eigenvalue weighted by Gasteiger charge is -2.33. The lowest BCUT2D eigenvalue weighted by Crippen LogP contribution is -2.33. The molecule has 0 saturated carbocycles. The molecule has 0 bridgehead atoms. The number of hydrogen-bond donors (Lipinski definition) is 1. The Labute approximate surface area is 194 Å². The molecule has 5 heteroatoms. The summed E-state index contributed by atoms with van der Waals surface area (Å²) in [5.74, 6) is 0.615. The highest BCUT2D eigenvalue weighted by molar-refractivity contribution is 6.28. The molecule has 0 radical (unpaired) electrons. The van der Waals surface area contributed by atoms with E-state index < -0.39 is 0 Å². The normalized spacial score (nSPS) is 17.1. The van der Waals surface area contributed by atoms with Crippen LogP contribution in [0.4, 0.5) is 5.88 Å². The molecule has 1 aromatic heterocycles. The van der Waals surface area contributed by atoms with Crippen molar-refractivity contribution in [3.63, 3.8) is 0 Å². The first-order valence-electron chi connectivity index (χ1n) is 11.7. The fraction of sp³-hybridized carbons (Fsp3) is 0.357. The quantitative estimate of drug-likeness (QED) is 0.443. The molecule has 2 aromatic carbocycles. The minimum Gasteiger partial charge on any atom is -0.436 e. The average molecular weight is 443 g/mol. The fourth-order valence-electron chi connectivity index (χ4n) is 5.01. The van der Waals surface area contributed by atoms with Gasteiger partial charge >= 0.3 is 0 Å². The van der Waals surface area contributed by atoms with E-state index in [4.69, 9.17) is 4.42 Å². The summed E-state index contributed by atoms with van der Waals surface area (Å²) in [6.07, 6.45) is 1.83. The molecule has 170 valence electrons. The summed E-state index contributed by atoms with van der Waals surface area (Å²) in [6.45, 7) is 8.97. The molecule has 2 heterocycles. The molecule has 0 atom stereocenters. The average Bonchev–Trinajstić information content (AvgIpc) is 3.16. The summed E-state index contributed by atoms with van der Waals surface area (Å²) in [7, 11) is 0. The molecule has 3 aromatic rings. The number of carbonyl (C=O) groups excluding carboxylic acids is 2. The van der Waals surface area contributed by atoms with Gasteiger partial charge in [-0.25, -0.2) is 0 Å². The Morgan fingerprint density at radius 3 is 2.15 bits per heavy atom. The maximum Gasteiger partial charge on any atom is 0.229 e. The van der Waals surface area contributed by atoms with E-state index in [1.165, 1.54) is 5.56 Å². The summed E-state index contributed by atoms with van der Waals surface area (Å²) in [5.41, 5.74) is 3.29. The van der Waals surface area contributed by atoms with Gasteiger partial charge in [0, 0.05) is 28.8 Å². The zero-order valence-corrected chi connectivity index (χ0v) is 19.5. The van der Waals surface area contributed by atoms with Crippen molar-refractivity contribution in [2.24, 2.45) is 0 Å². The Morgan fingerprint density at radius 1 is 0.909 bits per heavy atom. The summed E-state index contributed by atoms with van der Waals surface area (Å²) >= 11 is 0. The van der Waals surface area contributed by atoms with Gasteiger partial charge in [0.15, 0.2) is 17.4 Å². The SMILES string of the molecule is CC(C)(C)Nc1oc2c(c1C1CCN(Cc3ccccc3)CC1)C(=O)c1ccccc1C2=O. The number of hydrogen-bond acceptors (Lipinski definition) is 5. The molecule has 1 fully saturated rings. The van der Waals surface area contributed by atoms with Gasteiger partial charge in [-0.05, 0) is 58.2 Å². The third-order valence-corrected chi connectivity index (χ3v) is 6.53. The second-order valence-corrected chi connectivity index (χ2v) is 10.2. The lowest BCUT2D eigenvalue weighted by atomic mass is 9.81. The smallest absolute Gasteiger partial charge is 0.229 e. The number of nitrogens with zero attached hydrogens (tertiary/aromatic N) is 1. The van der Waals surface area contributed by atoms with E-state index in [9.17, 15) is 9.59 Å². The highest BCUT2D eigenvalue weighted by Gasteiger charge is 2.40. The first kappa shape index (κ1) is 21.7. The second-order valence-electron chi connectivity index (χ2n) is 10.2. The Bertz CT molecular complexity index is 1200. The van der Waals surface area contributed by atoms with Crippen LogP contribution in [0.2, 0.25) is 0 Å². The summed E-state index contributed by atoms with van der Waals surface area (Å²) in [4.78, 5) is 29.2. The molecule has 1 aliphatic carbocycles. The number of anilines is 1. The first-order valence-corrected chi connectivity index (χ1v) is 11.7. The Hall–Kier alpha value is -3.18. The topological polar surface area (TPSA) is 62.6 Å². The number of furan rings is 1. The monoisotopic (exact) mass is 442 g/mol. The van der Waals surface area contributed by atoms with Crippen molar-refractivity contribution in [2.45, 2.75) is 51.6 Å². The van der Waals surface area contributed by atoms with Crippen molar-refractivity contribution in [3.05, 3.63) is 88.2 Å². The minimum atomic E-state index is -0.262. The van der Waals surface area contributed by atoms with E-state index >= 15 is 0 Å². The minimum absolute atomic E-state index is 0.104. The van der Waals surface area contributed by atoms with Crippen LogP contribution in [0.5, 0.6) is 0 Å². The van der Waals surface area contributed by atoms with Gasteiger partial charge in [0.05, 0.1) is 5.56 Å². The molecule has 0 amide bonds. The number of fused-ring (bicyclic) bond motifs is 2. The van der Waals surface area contributed by atoms with Crippen LogP contribution in [-0.4, -0.2) is 35.1 Å². The van der Waals surface area contributed by atoms with Crippen LogP contribution >= 0.6 is 0 Å². The van der Waals surface area contributed by atoms with Crippen molar-refractivity contribution in [1.29, 1.82) is 0 Å². The zero-order chi connectivity index (χ0) is 23.2. The molecule has 2 aliphatic rings. The second kappa shape index (κ2) is 8.31. The fourth-order valence-corrected chi connectivity index (χ4v) is 5.01. The van der Waals surface area contributed by atoms with Crippen LogP contribution < -0.4 is 5.32 Å². The van der Waals surface area contributed by atoms with E-state index in [0.29, 0.717) is 22.6 Å². The van der Waals surface area contributed by atoms with Crippen LogP contribution in [0.15, 0.2) is 59.0 Å². The van der Waals surface area contributed by atoms with E-state index in [1.807, 2.05) is 12.1 Å². The number of nitrogens with one attached hydrogen (secondary N) is 1. The number of benzene rings is 2. The standard InChI is InChI=1S/C28H30N2O3/c1-28(2,3)29-27-22(19-13-15-30(16-14-19)17-18-9-5-4-6-10-18)23-24(31)20-11-7-8-12-21(20)25(32)26(23)33-27/h4-12,19,29H,13-17H2,1-3H3. The molecule has 33 heavy (non-hydrogen) atoms. The van der Waals surface area contributed by atoms with Gasteiger partial charge in [0.25, 0.3) is 0 Å². The van der Waals surface area contributed by atoms with Gasteiger partial charge in [-0.1, -0.05) is 54.6 Å². The van der Waals surface area contributed by atoms with Gasteiger partial charge in [0.2, 0.25) is 5.78 Å². The maximum atomic E-state index is 13.6. The Balaban J connectivity index is 1.47. The van der Waals surface area contributed by atoms with Crippen LogP contribution in [0.25, 0.3) is 0 Å². The van der Waals surface area contributed by atoms with E-state index in [0.717, 1.165) is 38.0 Å². The highest BCUT2D eigenvalue weighted by atomic mass is 16.4. The Kier molecular flexibility index (Phi) is 5.45. The molecular formula is C28H30N2O3. The number of piperidine rings is 1. The number of rotatable bonds is 4. The third kappa shape index (κ3) is 4.13. The maximum absolute atomic E-state index is 13.6. The molecule has 1 aliphatic heterocycles. The predicted octanol–water partition coefficient (Wildman–Crippen LogP) is 5.65. The molecular weight excluding hydrogens is 412 g/mol. The van der Waals surface area contributed by atoms with Gasteiger partial charge in [-0.2, -0.15) is 0 Å². The van der Waals surface area contributed by atoms with E-state index in [-0.39, 0.29) is 28.8 Å². The van der Waals surface area contributed by atoms with Crippen molar-refractivity contribution in [1.82, 2.24) is 4.90 Å². The van der Waals surface area contributed by atoms with Crippen molar-refractivity contribution >= 4 is 17.5 Å². The highest BCUT2D eigenvalue weighted by Crippen LogP contribution is 2.43. The molecule has 0 spiro atoms. The van der Waals surface area contributed by atoms with Crippen molar-refractivity contribution < 1.29 is 14.0 Å². The first-order chi connectivity index (χ1) is 15.8. The third-order valence-electron chi connectivity index (χ3n) is 6.53. The largest absolute Gasteiger partial charge is 0.436 e. The van der Waals surface area contributed by atoms with Gasteiger partial charge in [-0.3, -0.25) is 14.5 Å². The number of carbonyl (C=O) groups is 2. The van der Waals surface area contributed by atoms with Crippen molar-refractivity contribution in [3.8, 4) is 0 Å². The molecule has 1 saturated heterocycles. The molecule has 1 N–H and O–H groups in total. The van der Waals surface area contributed by atoms with Gasteiger partial charge in [0.1, 0.15) is 0 Å². The summed E-state index contributed by atoms with van der Waals surface area (Å²) in [5, 5.41) is 3.44. The van der Waals surface area contributed by atoms with Crippen LogP contribution in [0.3, 0.4) is 0 Å². The predicted molar refractivity (Wildman–Crippen MR) is 129 cm³/mol. The number of ketones is 2. The van der Waals surface area contributed by atoms with Gasteiger partial charge < -0.3 is 9.73 Å². The molecule has 5 nitrogen and oxygen atoms in total. The van der Waals surface area contributed by atoms with Gasteiger partial charge in [-0.15, -0.1) is 0 Å².